The molecule has 0 aliphatic heterocycles. The van der Waals surface area contributed by atoms with Gasteiger partial charge in [0.2, 0.25) is 5.91 Å². The molecule has 2 heterocycles. The first kappa shape index (κ1) is 12.1. The molecule has 6 heteroatoms. The number of nitrogens with zero attached hydrogens (tertiary/aromatic N) is 4. The molecule has 0 saturated heterocycles. The lowest BCUT2D eigenvalue weighted by Crippen LogP contribution is -2.32. The van der Waals surface area contributed by atoms with Crippen molar-refractivity contribution in [3.8, 4) is 0 Å². The van der Waals surface area contributed by atoms with Crippen LogP contribution in [0.15, 0.2) is 12.7 Å². The fraction of sp³-hybridized carbons (Fsp3) is 0.538. The predicted molar refractivity (Wildman–Crippen MR) is 70.5 cm³/mol. The van der Waals surface area contributed by atoms with Crippen molar-refractivity contribution in [1.29, 1.82) is 0 Å². The second-order valence-corrected chi connectivity index (χ2v) is 4.82. The van der Waals surface area contributed by atoms with Gasteiger partial charge in [-0.25, -0.2) is 15.0 Å². The molecule has 100 valence electrons. The van der Waals surface area contributed by atoms with E-state index in [0.29, 0.717) is 5.65 Å². The van der Waals surface area contributed by atoms with E-state index in [0.717, 1.165) is 30.7 Å². The van der Waals surface area contributed by atoms with Gasteiger partial charge in [0, 0.05) is 24.9 Å². The number of H-pyrrole nitrogens is 1. The number of hydrogen-bond acceptors (Lipinski definition) is 4. The molecule has 2 atom stereocenters. The second-order valence-electron chi connectivity index (χ2n) is 4.82. The third-order valence-electron chi connectivity index (χ3n) is 3.79. The number of aromatic amines is 1. The van der Waals surface area contributed by atoms with Gasteiger partial charge in [-0.05, 0) is 20.3 Å². The number of aromatic nitrogens is 4. The number of carbonyl (C=O) groups is 1. The smallest absolute Gasteiger partial charge is 0.226 e. The molecule has 3 rings (SSSR count). The SMILES string of the molecule is CCN(CC)C(=O)[C@H]1C[C@@H]1c1ncnc2nc[nH]c12. The third kappa shape index (κ3) is 1.97. The van der Waals surface area contributed by atoms with Gasteiger partial charge < -0.3 is 9.88 Å². The molecule has 1 aliphatic carbocycles. The average Bonchev–Trinajstić information content (AvgIpc) is 3.08. The topological polar surface area (TPSA) is 74.8 Å². The zero-order valence-corrected chi connectivity index (χ0v) is 11.1. The number of imidazole rings is 1. The second kappa shape index (κ2) is 4.60. The first-order valence-electron chi connectivity index (χ1n) is 6.69. The average molecular weight is 259 g/mol. The highest BCUT2D eigenvalue weighted by molar-refractivity contribution is 5.84. The summed E-state index contributed by atoms with van der Waals surface area (Å²) in [6.07, 6.45) is 4.02. The van der Waals surface area contributed by atoms with Crippen LogP contribution in [0.2, 0.25) is 0 Å². The minimum absolute atomic E-state index is 0.0706. The van der Waals surface area contributed by atoms with Crippen molar-refractivity contribution in [1.82, 2.24) is 24.8 Å². The molecule has 6 nitrogen and oxygen atoms in total. The zero-order chi connectivity index (χ0) is 13.4. The summed E-state index contributed by atoms with van der Waals surface area (Å²) in [5.74, 6) is 0.515. The fourth-order valence-corrected chi connectivity index (χ4v) is 2.60. The Labute approximate surface area is 111 Å². The minimum atomic E-state index is 0.0706. The normalized spacial score (nSPS) is 21.6. The fourth-order valence-electron chi connectivity index (χ4n) is 2.60. The van der Waals surface area contributed by atoms with Crippen molar-refractivity contribution in [2.24, 2.45) is 5.92 Å². The van der Waals surface area contributed by atoms with Crippen LogP contribution in [-0.2, 0) is 4.79 Å². The number of amides is 1. The van der Waals surface area contributed by atoms with Crippen molar-refractivity contribution in [2.75, 3.05) is 13.1 Å². The summed E-state index contributed by atoms with van der Waals surface area (Å²) in [4.78, 5) is 29.8. The third-order valence-corrected chi connectivity index (χ3v) is 3.79. The standard InChI is InChI=1S/C13H17N5O/c1-3-18(4-2)13(19)9-5-8(9)10-11-12(16-6-14-10)17-7-15-11/h6-9H,3-5H2,1-2H3,(H,14,15,16,17)/t8-,9-/m0/s1. The zero-order valence-electron chi connectivity index (χ0n) is 11.1. The highest BCUT2D eigenvalue weighted by Crippen LogP contribution is 2.48. The summed E-state index contributed by atoms with van der Waals surface area (Å²) < 4.78 is 0. The van der Waals surface area contributed by atoms with Crippen LogP contribution in [0.5, 0.6) is 0 Å². The number of rotatable bonds is 4. The van der Waals surface area contributed by atoms with Crippen molar-refractivity contribution in [3.63, 3.8) is 0 Å². The molecular weight excluding hydrogens is 242 g/mol. The van der Waals surface area contributed by atoms with Gasteiger partial charge in [-0.15, -0.1) is 0 Å². The van der Waals surface area contributed by atoms with E-state index in [2.05, 4.69) is 19.9 Å². The summed E-state index contributed by atoms with van der Waals surface area (Å²) in [5, 5.41) is 0. The monoisotopic (exact) mass is 259 g/mol. The van der Waals surface area contributed by atoms with Gasteiger partial charge >= 0.3 is 0 Å². The van der Waals surface area contributed by atoms with Gasteiger partial charge in [-0.3, -0.25) is 4.79 Å². The van der Waals surface area contributed by atoms with E-state index in [1.165, 1.54) is 6.33 Å². The van der Waals surface area contributed by atoms with Crippen LogP contribution in [0.3, 0.4) is 0 Å². The van der Waals surface area contributed by atoms with Crippen molar-refractivity contribution in [3.05, 3.63) is 18.3 Å². The molecule has 0 spiro atoms. The van der Waals surface area contributed by atoms with Gasteiger partial charge in [0.25, 0.3) is 0 Å². The van der Waals surface area contributed by atoms with Gasteiger partial charge in [0.1, 0.15) is 11.8 Å². The van der Waals surface area contributed by atoms with E-state index in [-0.39, 0.29) is 17.7 Å². The number of hydrogen-bond donors (Lipinski definition) is 1. The Hall–Kier alpha value is -1.98. The van der Waals surface area contributed by atoms with Crippen LogP contribution >= 0.6 is 0 Å². The summed E-state index contributed by atoms with van der Waals surface area (Å²) >= 11 is 0. The van der Waals surface area contributed by atoms with Crippen LogP contribution in [-0.4, -0.2) is 43.8 Å². The van der Waals surface area contributed by atoms with E-state index < -0.39 is 0 Å². The maximum absolute atomic E-state index is 12.3. The Morgan fingerprint density at radius 2 is 2.16 bits per heavy atom. The molecule has 2 aromatic heterocycles. The Balaban J connectivity index is 1.83. The van der Waals surface area contributed by atoms with Crippen molar-refractivity contribution < 1.29 is 4.79 Å². The molecular formula is C13H17N5O. The largest absolute Gasteiger partial charge is 0.343 e. The summed E-state index contributed by atoms with van der Waals surface area (Å²) in [7, 11) is 0. The molecule has 1 amide bonds. The number of nitrogens with one attached hydrogen (secondary N) is 1. The van der Waals surface area contributed by atoms with Crippen molar-refractivity contribution >= 4 is 17.1 Å². The lowest BCUT2D eigenvalue weighted by molar-refractivity contribution is -0.132. The van der Waals surface area contributed by atoms with Gasteiger partial charge in [0.15, 0.2) is 5.65 Å². The lowest BCUT2D eigenvalue weighted by atomic mass is 10.2. The van der Waals surface area contributed by atoms with E-state index in [1.54, 1.807) is 6.33 Å². The van der Waals surface area contributed by atoms with E-state index in [4.69, 9.17) is 0 Å². The van der Waals surface area contributed by atoms with Crippen LogP contribution < -0.4 is 0 Å². The predicted octanol–water partition coefficient (Wildman–Crippen LogP) is 1.32. The van der Waals surface area contributed by atoms with Crippen LogP contribution in [0.4, 0.5) is 0 Å². The first-order valence-corrected chi connectivity index (χ1v) is 6.69. The number of carbonyl (C=O) groups excluding carboxylic acids is 1. The minimum Gasteiger partial charge on any atom is -0.343 e. The van der Waals surface area contributed by atoms with Crippen LogP contribution in [0.1, 0.15) is 31.9 Å². The van der Waals surface area contributed by atoms with Gasteiger partial charge in [0.05, 0.1) is 12.0 Å². The van der Waals surface area contributed by atoms with Crippen molar-refractivity contribution in [2.45, 2.75) is 26.2 Å². The molecule has 0 bridgehead atoms. The molecule has 1 N–H and O–H groups in total. The Morgan fingerprint density at radius 3 is 2.89 bits per heavy atom. The van der Waals surface area contributed by atoms with Gasteiger partial charge in [-0.1, -0.05) is 0 Å². The summed E-state index contributed by atoms with van der Waals surface area (Å²) in [6, 6.07) is 0. The van der Waals surface area contributed by atoms with Crippen LogP contribution in [0, 0.1) is 5.92 Å². The molecule has 0 radical (unpaired) electrons. The first-order chi connectivity index (χ1) is 9.26. The molecule has 2 aromatic rings. The lowest BCUT2D eigenvalue weighted by Gasteiger charge is -2.18. The Bertz CT molecular complexity index is 604. The summed E-state index contributed by atoms with van der Waals surface area (Å²) in [5.41, 5.74) is 2.46. The molecule has 1 aliphatic rings. The highest BCUT2D eigenvalue weighted by atomic mass is 16.2. The van der Waals surface area contributed by atoms with E-state index in [9.17, 15) is 4.79 Å². The van der Waals surface area contributed by atoms with E-state index in [1.807, 2.05) is 18.7 Å². The number of fused-ring (bicyclic) bond motifs is 1. The van der Waals surface area contributed by atoms with Gasteiger partial charge in [-0.2, -0.15) is 0 Å². The molecule has 0 aromatic carbocycles. The Morgan fingerprint density at radius 1 is 1.37 bits per heavy atom. The summed E-state index contributed by atoms with van der Waals surface area (Å²) in [6.45, 7) is 5.55. The molecule has 1 saturated carbocycles. The van der Waals surface area contributed by atoms with E-state index >= 15 is 0 Å². The highest BCUT2D eigenvalue weighted by Gasteiger charge is 2.47. The maximum atomic E-state index is 12.3. The molecule has 1 fully saturated rings. The molecule has 0 unspecified atom stereocenters. The molecule has 19 heavy (non-hydrogen) atoms. The Kier molecular flexibility index (Phi) is 2.93. The van der Waals surface area contributed by atoms with Crippen LogP contribution in [0.25, 0.3) is 11.2 Å². The maximum Gasteiger partial charge on any atom is 0.226 e. The quantitative estimate of drug-likeness (QED) is 0.898.